The Kier molecular flexibility index (Phi) is 4.67. The van der Waals surface area contributed by atoms with Crippen LogP contribution in [0.2, 0.25) is 0 Å². The number of nitrogens with zero attached hydrogens (tertiary/aromatic N) is 2. The number of hydrogen-bond acceptors (Lipinski definition) is 3. The number of hydrogen-bond donors (Lipinski definition) is 0. The summed E-state index contributed by atoms with van der Waals surface area (Å²) < 4.78 is 5.19. The second-order valence-electron chi connectivity index (χ2n) is 10.2. The molecule has 5 heteroatoms. The van der Waals surface area contributed by atoms with Crippen molar-refractivity contribution in [3.8, 4) is 5.75 Å². The molecule has 3 aliphatic rings. The van der Waals surface area contributed by atoms with Crippen LogP contribution in [0.4, 0.5) is 0 Å². The van der Waals surface area contributed by atoms with Crippen LogP contribution in [0.15, 0.2) is 24.3 Å². The van der Waals surface area contributed by atoms with Crippen molar-refractivity contribution in [2.45, 2.75) is 59.0 Å². The average Bonchev–Trinajstić information content (AvgIpc) is 3.10. The summed E-state index contributed by atoms with van der Waals surface area (Å²) in [5, 5.41) is 0. The van der Waals surface area contributed by atoms with Crippen molar-refractivity contribution in [1.29, 1.82) is 0 Å². The van der Waals surface area contributed by atoms with Gasteiger partial charge in [-0.05, 0) is 47.8 Å². The number of amides is 2. The fraction of sp³-hybridized carbons (Fsp3) is 0.652. The van der Waals surface area contributed by atoms with Gasteiger partial charge in [-0.3, -0.25) is 9.59 Å². The van der Waals surface area contributed by atoms with Crippen molar-refractivity contribution in [1.82, 2.24) is 9.80 Å². The molecule has 2 heterocycles. The van der Waals surface area contributed by atoms with Gasteiger partial charge < -0.3 is 14.5 Å². The van der Waals surface area contributed by atoms with E-state index >= 15 is 0 Å². The van der Waals surface area contributed by atoms with Crippen LogP contribution in [0, 0.1) is 16.7 Å². The van der Waals surface area contributed by atoms with Crippen LogP contribution in [-0.4, -0.2) is 47.9 Å². The Morgan fingerprint density at radius 3 is 2.57 bits per heavy atom. The van der Waals surface area contributed by atoms with E-state index in [0.29, 0.717) is 31.0 Å². The molecule has 3 fully saturated rings. The van der Waals surface area contributed by atoms with E-state index in [1.54, 1.807) is 7.11 Å². The van der Waals surface area contributed by atoms with Gasteiger partial charge in [0, 0.05) is 32.1 Å². The average molecular weight is 385 g/mol. The minimum Gasteiger partial charge on any atom is -0.497 e. The second-order valence-corrected chi connectivity index (χ2v) is 10.2. The highest BCUT2D eigenvalue weighted by atomic mass is 16.5. The zero-order valence-electron chi connectivity index (χ0n) is 17.5. The Balaban J connectivity index is 1.41. The lowest BCUT2D eigenvalue weighted by atomic mass is 9.65. The summed E-state index contributed by atoms with van der Waals surface area (Å²) in [5.41, 5.74) is 1.58. The predicted molar refractivity (Wildman–Crippen MR) is 108 cm³/mol. The number of carbonyl (C=O) groups excluding carboxylic acids is 2. The molecule has 28 heavy (non-hydrogen) atoms. The van der Waals surface area contributed by atoms with Gasteiger partial charge in [0.25, 0.3) is 0 Å². The lowest BCUT2D eigenvalue weighted by molar-refractivity contribution is -0.137. The molecule has 2 amide bonds. The number of ether oxygens (including phenoxy) is 1. The standard InChI is InChI=1S/C23H32N2O3/c1-22(2)10-18-11-23(3,14-22)15-25(18)21(27)17-9-20(26)24(13-17)12-16-5-7-19(28-4)8-6-16/h5-8,17-18H,9-15H2,1-4H3. The van der Waals surface area contributed by atoms with Gasteiger partial charge in [-0.15, -0.1) is 0 Å². The van der Waals surface area contributed by atoms with E-state index in [0.717, 1.165) is 30.7 Å². The highest BCUT2D eigenvalue weighted by Crippen LogP contribution is 2.52. The summed E-state index contributed by atoms with van der Waals surface area (Å²) in [5.74, 6) is 0.887. The van der Waals surface area contributed by atoms with Crippen LogP contribution in [-0.2, 0) is 16.1 Å². The molecule has 0 aromatic heterocycles. The van der Waals surface area contributed by atoms with Crippen LogP contribution < -0.4 is 4.74 Å². The first-order valence-electron chi connectivity index (χ1n) is 10.4. The Morgan fingerprint density at radius 1 is 1.18 bits per heavy atom. The molecule has 1 aromatic rings. The van der Waals surface area contributed by atoms with Gasteiger partial charge in [0.2, 0.25) is 11.8 Å². The van der Waals surface area contributed by atoms with Crippen LogP contribution in [0.3, 0.4) is 0 Å². The Morgan fingerprint density at radius 2 is 1.89 bits per heavy atom. The first-order valence-corrected chi connectivity index (χ1v) is 10.4. The van der Waals surface area contributed by atoms with Crippen molar-refractivity contribution in [3.63, 3.8) is 0 Å². The lowest BCUT2D eigenvalue weighted by Gasteiger charge is -2.39. The number of carbonyl (C=O) groups is 2. The maximum Gasteiger partial charge on any atom is 0.228 e. The van der Waals surface area contributed by atoms with Gasteiger partial charge in [0.05, 0.1) is 13.0 Å². The first-order chi connectivity index (χ1) is 13.2. The van der Waals surface area contributed by atoms with E-state index in [1.807, 2.05) is 29.2 Å². The molecule has 3 atom stereocenters. The number of likely N-dealkylation sites (tertiary alicyclic amines) is 2. The number of benzene rings is 1. The maximum absolute atomic E-state index is 13.3. The van der Waals surface area contributed by atoms with Crippen LogP contribution in [0.25, 0.3) is 0 Å². The zero-order valence-corrected chi connectivity index (χ0v) is 17.5. The van der Waals surface area contributed by atoms with Crippen molar-refractivity contribution in [2.75, 3.05) is 20.2 Å². The van der Waals surface area contributed by atoms with E-state index in [1.165, 1.54) is 6.42 Å². The predicted octanol–water partition coefficient (Wildman–Crippen LogP) is 3.47. The van der Waals surface area contributed by atoms with Gasteiger partial charge in [-0.25, -0.2) is 0 Å². The molecule has 152 valence electrons. The fourth-order valence-corrected chi connectivity index (χ4v) is 5.99. The van der Waals surface area contributed by atoms with Gasteiger partial charge in [0.1, 0.15) is 5.75 Å². The highest BCUT2D eigenvalue weighted by Gasteiger charge is 2.52. The van der Waals surface area contributed by atoms with Gasteiger partial charge >= 0.3 is 0 Å². The fourth-order valence-electron chi connectivity index (χ4n) is 5.99. The molecule has 4 rings (SSSR count). The molecule has 0 spiro atoms. The van der Waals surface area contributed by atoms with E-state index in [2.05, 4.69) is 25.7 Å². The third kappa shape index (κ3) is 3.63. The molecule has 2 aliphatic heterocycles. The van der Waals surface area contributed by atoms with Crippen molar-refractivity contribution < 1.29 is 14.3 Å². The minimum atomic E-state index is -0.197. The molecule has 1 saturated carbocycles. The molecular formula is C23H32N2O3. The maximum atomic E-state index is 13.3. The normalized spacial score (nSPS) is 31.4. The quantitative estimate of drug-likeness (QED) is 0.799. The van der Waals surface area contributed by atoms with Gasteiger partial charge in [-0.1, -0.05) is 32.9 Å². The Hall–Kier alpha value is -2.04. The van der Waals surface area contributed by atoms with Crippen LogP contribution in [0.1, 0.15) is 52.0 Å². The molecule has 0 radical (unpaired) electrons. The Bertz CT molecular complexity index is 773. The van der Waals surface area contributed by atoms with E-state index < -0.39 is 0 Å². The third-order valence-corrected chi connectivity index (χ3v) is 6.79. The minimum absolute atomic E-state index is 0.0860. The summed E-state index contributed by atoms with van der Waals surface area (Å²) in [4.78, 5) is 29.8. The summed E-state index contributed by atoms with van der Waals surface area (Å²) in [6, 6.07) is 8.12. The molecule has 2 bridgehead atoms. The highest BCUT2D eigenvalue weighted by molar-refractivity contribution is 5.89. The SMILES string of the molecule is COc1ccc(CN2CC(C(=O)N3CC4(C)CC3CC(C)(C)C4)CC2=O)cc1. The molecule has 1 aromatic carbocycles. The van der Waals surface area contributed by atoms with Crippen LogP contribution >= 0.6 is 0 Å². The first kappa shape index (κ1) is 19.3. The summed E-state index contributed by atoms with van der Waals surface area (Å²) in [7, 11) is 1.64. The van der Waals surface area contributed by atoms with Crippen molar-refractivity contribution >= 4 is 11.8 Å². The largest absolute Gasteiger partial charge is 0.497 e. The number of methoxy groups -OCH3 is 1. The summed E-state index contributed by atoms with van der Waals surface area (Å²) in [6.45, 7) is 8.91. The van der Waals surface area contributed by atoms with Crippen molar-refractivity contribution in [2.24, 2.45) is 16.7 Å². The molecule has 0 N–H and O–H groups in total. The molecule has 1 aliphatic carbocycles. The van der Waals surface area contributed by atoms with Crippen molar-refractivity contribution in [3.05, 3.63) is 29.8 Å². The summed E-state index contributed by atoms with van der Waals surface area (Å²) in [6.07, 6.45) is 3.70. The second kappa shape index (κ2) is 6.78. The molecular weight excluding hydrogens is 352 g/mol. The number of fused-ring (bicyclic) bond motifs is 2. The monoisotopic (exact) mass is 384 g/mol. The zero-order chi connectivity index (χ0) is 20.1. The Labute approximate surface area is 168 Å². The van der Waals surface area contributed by atoms with Gasteiger partial charge in [-0.2, -0.15) is 0 Å². The third-order valence-electron chi connectivity index (χ3n) is 6.79. The smallest absolute Gasteiger partial charge is 0.228 e. The van der Waals surface area contributed by atoms with Gasteiger partial charge in [0.15, 0.2) is 0 Å². The topological polar surface area (TPSA) is 49.9 Å². The van der Waals surface area contributed by atoms with E-state index in [4.69, 9.17) is 4.74 Å². The van der Waals surface area contributed by atoms with E-state index in [-0.39, 0.29) is 23.1 Å². The number of rotatable bonds is 4. The summed E-state index contributed by atoms with van der Waals surface area (Å²) >= 11 is 0. The van der Waals surface area contributed by atoms with Crippen LogP contribution in [0.5, 0.6) is 5.75 Å². The van der Waals surface area contributed by atoms with E-state index in [9.17, 15) is 9.59 Å². The molecule has 2 saturated heterocycles. The molecule has 3 unspecified atom stereocenters. The lowest BCUT2D eigenvalue weighted by Crippen LogP contribution is -2.41. The molecule has 5 nitrogen and oxygen atoms in total.